The molecule has 1 fully saturated rings. The Balaban J connectivity index is 1.46. The molecule has 0 aliphatic carbocycles. The average molecular weight is 389 g/mol. The highest BCUT2D eigenvalue weighted by Crippen LogP contribution is 2.23. The predicted molar refractivity (Wildman–Crippen MR) is 118 cm³/mol. The van der Waals surface area contributed by atoms with Crippen LogP contribution in [0.3, 0.4) is 0 Å². The van der Waals surface area contributed by atoms with Crippen molar-refractivity contribution >= 4 is 17.3 Å². The van der Waals surface area contributed by atoms with Gasteiger partial charge in [-0.15, -0.1) is 0 Å². The zero-order valence-electron chi connectivity index (χ0n) is 17.2. The lowest BCUT2D eigenvalue weighted by molar-refractivity contribution is 0.102. The summed E-state index contributed by atoms with van der Waals surface area (Å²) in [5.74, 6) is -0.0731. The number of hydrogen-bond donors (Lipinski definition) is 1. The number of aryl methyl sites for hydroxylation is 1. The van der Waals surface area contributed by atoms with Crippen molar-refractivity contribution in [2.75, 3.05) is 23.3 Å². The molecule has 1 aliphatic rings. The molecule has 4 rings (SSSR count). The van der Waals surface area contributed by atoms with E-state index in [4.69, 9.17) is 0 Å². The van der Waals surface area contributed by atoms with Gasteiger partial charge >= 0.3 is 0 Å². The number of piperidine rings is 1. The van der Waals surface area contributed by atoms with Gasteiger partial charge in [0, 0.05) is 42.0 Å². The summed E-state index contributed by atoms with van der Waals surface area (Å²) in [5, 5.41) is 3.05. The van der Waals surface area contributed by atoms with Crippen LogP contribution >= 0.6 is 0 Å². The highest BCUT2D eigenvalue weighted by Gasteiger charge is 2.17. The molecule has 0 radical (unpaired) electrons. The Morgan fingerprint density at radius 3 is 2.48 bits per heavy atom. The van der Waals surface area contributed by atoms with E-state index in [1.807, 2.05) is 50.2 Å². The monoisotopic (exact) mass is 388 g/mol. The number of hydrogen-bond acceptors (Lipinski definition) is 3. The molecule has 150 valence electrons. The van der Waals surface area contributed by atoms with Crippen molar-refractivity contribution in [3.63, 3.8) is 0 Å². The number of aromatic nitrogens is 2. The van der Waals surface area contributed by atoms with Gasteiger partial charge in [-0.05, 0) is 75.6 Å². The van der Waals surface area contributed by atoms with Crippen molar-refractivity contribution in [2.45, 2.75) is 39.7 Å². The molecule has 0 spiro atoms. The van der Waals surface area contributed by atoms with Crippen molar-refractivity contribution in [1.29, 1.82) is 0 Å². The summed E-state index contributed by atoms with van der Waals surface area (Å²) in [7, 11) is 0. The molecule has 1 aliphatic heterocycles. The van der Waals surface area contributed by atoms with Crippen molar-refractivity contribution in [3.05, 3.63) is 77.4 Å². The fourth-order valence-electron chi connectivity index (χ4n) is 4.03. The molecule has 0 unspecified atom stereocenters. The van der Waals surface area contributed by atoms with Crippen LogP contribution in [0.4, 0.5) is 11.4 Å². The van der Waals surface area contributed by atoms with E-state index >= 15 is 0 Å². The zero-order chi connectivity index (χ0) is 20.2. The maximum absolute atomic E-state index is 12.9. The van der Waals surface area contributed by atoms with Gasteiger partial charge in [0.05, 0.1) is 17.8 Å². The molecule has 5 heteroatoms. The summed E-state index contributed by atoms with van der Waals surface area (Å²) >= 11 is 0. The summed E-state index contributed by atoms with van der Waals surface area (Å²) < 4.78 is 2.14. The predicted octanol–water partition coefficient (Wildman–Crippen LogP) is 4.79. The maximum atomic E-state index is 12.9. The number of carbonyl (C=O) groups excluding carboxylic acids is 1. The topological polar surface area (TPSA) is 50.2 Å². The third-order valence-corrected chi connectivity index (χ3v) is 5.71. The van der Waals surface area contributed by atoms with Crippen LogP contribution in [0.5, 0.6) is 0 Å². The first kappa shape index (κ1) is 19.2. The first-order valence-corrected chi connectivity index (χ1v) is 10.3. The molecular formula is C24H28N4O. The number of benzene rings is 1. The number of rotatable bonds is 5. The van der Waals surface area contributed by atoms with Gasteiger partial charge < -0.3 is 14.8 Å². The van der Waals surface area contributed by atoms with E-state index in [0.717, 1.165) is 35.9 Å². The smallest absolute Gasteiger partial charge is 0.257 e. The highest BCUT2D eigenvalue weighted by atomic mass is 16.1. The molecule has 1 aromatic carbocycles. The summed E-state index contributed by atoms with van der Waals surface area (Å²) in [5.41, 5.74) is 5.75. The van der Waals surface area contributed by atoms with E-state index < -0.39 is 0 Å². The van der Waals surface area contributed by atoms with Gasteiger partial charge in [-0.3, -0.25) is 9.78 Å². The lowest BCUT2D eigenvalue weighted by Gasteiger charge is -2.28. The van der Waals surface area contributed by atoms with Gasteiger partial charge in [0.1, 0.15) is 0 Å². The lowest BCUT2D eigenvalue weighted by Crippen LogP contribution is -2.29. The Hall–Kier alpha value is -3.08. The second-order valence-corrected chi connectivity index (χ2v) is 7.74. The molecule has 0 bridgehead atoms. The second-order valence-electron chi connectivity index (χ2n) is 7.74. The molecule has 29 heavy (non-hydrogen) atoms. The standard InChI is InChI=1S/C24H28N4O/c1-18-16-23(19(2)28(18)17-21-8-4-5-13-25-21)24(29)26-20-9-11-22(12-10-20)27-14-6-3-7-15-27/h4-5,8-13,16H,3,6-7,14-15,17H2,1-2H3,(H,26,29). The number of pyridine rings is 1. The molecule has 3 heterocycles. The molecular weight excluding hydrogens is 360 g/mol. The molecule has 3 aromatic rings. The summed E-state index contributed by atoms with van der Waals surface area (Å²) in [6.07, 6.45) is 5.63. The lowest BCUT2D eigenvalue weighted by atomic mass is 10.1. The van der Waals surface area contributed by atoms with Gasteiger partial charge in [0.15, 0.2) is 0 Å². The molecule has 0 atom stereocenters. The third kappa shape index (κ3) is 4.34. The number of nitrogens with one attached hydrogen (secondary N) is 1. The maximum Gasteiger partial charge on any atom is 0.257 e. The van der Waals surface area contributed by atoms with Crippen LogP contribution in [0.25, 0.3) is 0 Å². The molecule has 0 saturated carbocycles. The Morgan fingerprint density at radius 2 is 1.79 bits per heavy atom. The van der Waals surface area contributed by atoms with Crippen LogP contribution < -0.4 is 10.2 Å². The van der Waals surface area contributed by atoms with E-state index in [0.29, 0.717) is 12.1 Å². The van der Waals surface area contributed by atoms with Crippen molar-refractivity contribution in [3.8, 4) is 0 Å². The fourth-order valence-corrected chi connectivity index (χ4v) is 4.03. The van der Waals surface area contributed by atoms with Gasteiger partial charge in [-0.2, -0.15) is 0 Å². The number of anilines is 2. The molecule has 1 N–H and O–H groups in total. The zero-order valence-corrected chi connectivity index (χ0v) is 17.2. The fraction of sp³-hybridized carbons (Fsp3) is 0.333. The van der Waals surface area contributed by atoms with Crippen LogP contribution in [-0.2, 0) is 6.54 Å². The first-order valence-electron chi connectivity index (χ1n) is 10.3. The molecule has 2 aromatic heterocycles. The van der Waals surface area contributed by atoms with Crippen molar-refractivity contribution < 1.29 is 4.79 Å². The normalized spacial score (nSPS) is 14.1. The SMILES string of the molecule is Cc1cc(C(=O)Nc2ccc(N3CCCCC3)cc2)c(C)n1Cc1ccccn1. The minimum Gasteiger partial charge on any atom is -0.372 e. The van der Waals surface area contributed by atoms with Gasteiger partial charge in [-0.25, -0.2) is 0 Å². The average Bonchev–Trinajstić information content (AvgIpc) is 3.04. The first-order chi connectivity index (χ1) is 14.1. The summed E-state index contributed by atoms with van der Waals surface area (Å²) in [6, 6.07) is 16.0. The van der Waals surface area contributed by atoms with Crippen LogP contribution in [0, 0.1) is 13.8 Å². The minimum atomic E-state index is -0.0731. The van der Waals surface area contributed by atoms with Crippen molar-refractivity contribution in [1.82, 2.24) is 9.55 Å². The molecule has 1 amide bonds. The van der Waals surface area contributed by atoms with Crippen LogP contribution in [0.15, 0.2) is 54.7 Å². The Labute approximate surface area is 172 Å². The van der Waals surface area contributed by atoms with E-state index in [1.54, 1.807) is 6.20 Å². The second kappa shape index (κ2) is 8.52. The van der Waals surface area contributed by atoms with E-state index in [1.165, 1.54) is 24.9 Å². The van der Waals surface area contributed by atoms with Gasteiger partial charge in [-0.1, -0.05) is 6.07 Å². The third-order valence-electron chi connectivity index (χ3n) is 5.71. The minimum absolute atomic E-state index is 0.0731. The van der Waals surface area contributed by atoms with Crippen LogP contribution in [0.1, 0.15) is 46.7 Å². The van der Waals surface area contributed by atoms with Crippen LogP contribution in [0.2, 0.25) is 0 Å². The summed E-state index contributed by atoms with van der Waals surface area (Å²) in [6.45, 7) is 6.92. The number of carbonyl (C=O) groups is 1. The van der Waals surface area contributed by atoms with Crippen molar-refractivity contribution in [2.24, 2.45) is 0 Å². The molecule has 5 nitrogen and oxygen atoms in total. The largest absolute Gasteiger partial charge is 0.372 e. The highest BCUT2D eigenvalue weighted by molar-refractivity contribution is 6.05. The number of nitrogens with zero attached hydrogens (tertiary/aromatic N) is 3. The van der Waals surface area contributed by atoms with E-state index in [9.17, 15) is 4.79 Å². The van der Waals surface area contributed by atoms with Crippen LogP contribution in [-0.4, -0.2) is 28.5 Å². The Morgan fingerprint density at radius 1 is 1.03 bits per heavy atom. The van der Waals surface area contributed by atoms with E-state index in [2.05, 4.69) is 31.9 Å². The summed E-state index contributed by atoms with van der Waals surface area (Å²) in [4.78, 5) is 19.7. The van der Waals surface area contributed by atoms with Gasteiger partial charge in [0.2, 0.25) is 0 Å². The van der Waals surface area contributed by atoms with E-state index in [-0.39, 0.29) is 5.91 Å². The quantitative estimate of drug-likeness (QED) is 0.684. The number of amides is 1. The molecule has 1 saturated heterocycles. The Kier molecular flexibility index (Phi) is 5.65. The van der Waals surface area contributed by atoms with Gasteiger partial charge in [0.25, 0.3) is 5.91 Å². The Bertz CT molecular complexity index is 970.